The fraction of sp³-hybridized carbons (Fsp3) is 0.238. The summed E-state index contributed by atoms with van der Waals surface area (Å²) >= 11 is 0. The van der Waals surface area contributed by atoms with Gasteiger partial charge in [0.25, 0.3) is 0 Å². The van der Waals surface area contributed by atoms with Gasteiger partial charge in [-0.3, -0.25) is 9.97 Å². The van der Waals surface area contributed by atoms with Crippen LogP contribution in [0.4, 0.5) is 0 Å². The van der Waals surface area contributed by atoms with Crippen LogP contribution in [0, 0.1) is 11.3 Å². The Bertz CT molecular complexity index is 1880. The van der Waals surface area contributed by atoms with Gasteiger partial charge < -0.3 is 0 Å². The molecule has 0 amide bonds. The second-order valence-corrected chi connectivity index (χ2v) is 13.7. The zero-order valence-electron chi connectivity index (χ0n) is 25.7. The molecule has 2 aromatic carbocycles. The molecule has 2 nitrogen and oxygen atoms in total. The van der Waals surface area contributed by atoms with Crippen molar-refractivity contribution >= 4 is 17.2 Å². The van der Waals surface area contributed by atoms with Crippen molar-refractivity contribution in [3.05, 3.63) is 161 Å². The molecule has 0 radical (unpaired) electrons. The second kappa shape index (κ2) is 10.6. The Morgan fingerprint density at radius 2 is 1.48 bits per heavy atom. The fourth-order valence-electron chi connectivity index (χ4n) is 7.72. The van der Waals surface area contributed by atoms with Gasteiger partial charge in [-0.25, -0.2) is 0 Å². The van der Waals surface area contributed by atoms with E-state index in [0.29, 0.717) is 17.8 Å². The van der Waals surface area contributed by atoms with Crippen molar-refractivity contribution in [3.8, 4) is 11.3 Å². The number of pyridine rings is 2. The van der Waals surface area contributed by atoms with Crippen LogP contribution < -0.4 is 0 Å². The van der Waals surface area contributed by atoms with Crippen molar-refractivity contribution in [3.63, 3.8) is 0 Å². The average molecular weight is 571 g/mol. The maximum absolute atomic E-state index is 4.60. The molecule has 2 aromatic heterocycles. The van der Waals surface area contributed by atoms with Gasteiger partial charge in [0.15, 0.2) is 0 Å². The van der Waals surface area contributed by atoms with E-state index in [1.54, 1.807) is 16.7 Å². The largest absolute Gasteiger partial charge is 0.256 e. The maximum Gasteiger partial charge on any atom is 0.0701 e. The summed E-state index contributed by atoms with van der Waals surface area (Å²) in [5.41, 5.74) is 15.0. The smallest absolute Gasteiger partial charge is 0.0701 e. The number of hydrogen-bond acceptors (Lipinski definition) is 2. The predicted molar refractivity (Wildman–Crippen MR) is 183 cm³/mol. The molecule has 2 heteroatoms. The van der Waals surface area contributed by atoms with E-state index in [2.05, 4.69) is 134 Å². The first-order chi connectivity index (χ1) is 21.4. The molecule has 4 unspecified atom stereocenters. The third-order valence-corrected chi connectivity index (χ3v) is 10.1. The summed E-state index contributed by atoms with van der Waals surface area (Å²) in [5, 5.41) is 0. The van der Waals surface area contributed by atoms with Crippen LogP contribution in [0.15, 0.2) is 127 Å². The van der Waals surface area contributed by atoms with E-state index in [1.165, 1.54) is 27.8 Å². The lowest BCUT2D eigenvalue weighted by atomic mass is 9.62. The average Bonchev–Trinajstić information content (AvgIpc) is 3.07. The van der Waals surface area contributed by atoms with Crippen molar-refractivity contribution in [2.75, 3.05) is 0 Å². The van der Waals surface area contributed by atoms with Crippen LogP contribution in [0.25, 0.3) is 28.5 Å². The molecule has 4 atom stereocenters. The molecule has 0 fully saturated rings. The van der Waals surface area contributed by atoms with E-state index in [0.717, 1.165) is 29.8 Å². The van der Waals surface area contributed by atoms with Crippen LogP contribution in [-0.2, 0) is 0 Å². The van der Waals surface area contributed by atoms with Crippen LogP contribution in [0.3, 0.4) is 0 Å². The molecule has 0 saturated carbocycles. The number of aromatic nitrogens is 2. The Hall–Kier alpha value is -4.56. The zero-order valence-corrected chi connectivity index (χ0v) is 25.7. The molecule has 0 saturated heterocycles. The van der Waals surface area contributed by atoms with Crippen LogP contribution in [0.5, 0.6) is 0 Å². The first-order valence-corrected chi connectivity index (χ1v) is 16.0. The third-order valence-electron chi connectivity index (χ3n) is 10.1. The fourth-order valence-corrected chi connectivity index (χ4v) is 7.72. The van der Waals surface area contributed by atoms with E-state index in [9.17, 15) is 0 Å². The van der Waals surface area contributed by atoms with E-state index >= 15 is 0 Å². The minimum Gasteiger partial charge on any atom is -0.256 e. The molecule has 216 valence electrons. The Balaban J connectivity index is 1.23. The molecule has 44 heavy (non-hydrogen) atoms. The summed E-state index contributed by atoms with van der Waals surface area (Å²) in [6, 6.07) is 26.2. The van der Waals surface area contributed by atoms with Crippen molar-refractivity contribution in [1.82, 2.24) is 9.97 Å². The second-order valence-electron chi connectivity index (χ2n) is 13.7. The van der Waals surface area contributed by atoms with Gasteiger partial charge in [0.1, 0.15) is 0 Å². The van der Waals surface area contributed by atoms with Gasteiger partial charge in [0.2, 0.25) is 0 Å². The predicted octanol–water partition coefficient (Wildman–Crippen LogP) is 10.6. The summed E-state index contributed by atoms with van der Waals surface area (Å²) in [6.45, 7) is 7.06. The molecule has 4 aliphatic rings. The molecule has 0 N–H and O–H groups in total. The SMILES string of the molecule is CC(C)(C)C1=Cc2ccc3c4c2C(C=CC4C(c2ccc(-c4ccccn4)cc2)C=C3C2C=CC(c3ccccn3)=CC2)C1. The number of benzene rings is 2. The molecule has 2 heterocycles. The Kier molecular flexibility index (Phi) is 6.48. The van der Waals surface area contributed by atoms with Crippen molar-refractivity contribution < 1.29 is 0 Å². The summed E-state index contributed by atoms with van der Waals surface area (Å²) in [7, 11) is 0. The highest BCUT2D eigenvalue weighted by molar-refractivity contribution is 5.83. The van der Waals surface area contributed by atoms with Gasteiger partial charge in [-0.15, -0.1) is 0 Å². The topological polar surface area (TPSA) is 25.8 Å². The van der Waals surface area contributed by atoms with Gasteiger partial charge in [0, 0.05) is 41.6 Å². The minimum atomic E-state index is 0.172. The lowest BCUT2D eigenvalue weighted by Gasteiger charge is -2.42. The lowest BCUT2D eigenvalue weighted by molar-refractivity contribution is 0.474. The van der Waals surface area contributed by atoms with E-state index in [1.807, 2.05) is 24.5 Å². The first-order valence-electron chi connectivity index (χ1n) is 16.0. The molecule has 4 aliphatic carbocycles. The van der Waals surface area contributed by atoms with Crippen molar-refractivity contribution in [2.24, 2.45) is 11.3 Å². The molecule has 0 spiro atoms. The molecule has 4 aromatic rings. The Morgan fingerprint density at radius 3 is 2.16 bits per heavy atom. The van der Waals surface area contributed by atoms with E-state index in [4.69, 9.17) is 0 Å². The van der Waals surface area contributed by atoms with E-state index in [-0.39, 0.29) is 11.3 Å². The lowest BCUT2D eigenvalue weighted by Crippen LogP contribution is -2.26. The summed E-state index contributed by atoms with van der Waals surface area (Å²) in [4.78, 5) is 9.19. The van der Waals surface area contributed by atoms with Crippen LogP contribution in [0.2, 0.25) is 0 Å². The number of hydrogen-bond donors (Lipinski definition) is 0. The standard InChI is InChI=1S/C42H38N2/c1-42(2,3)33-24-31-18-20-34-36(27-10-14-29(15-11-27)38-8-4-6-22-43-38)26-37(35-21-19-32(25-33)40(31)41(34)35)28-12-16-30(17-13-28)39-9-5-7-23-44-39/h4-12,14-23,25-26,28,31,34,36H,13,24H2,1-3H3. The number of allylic oxidation sites excluding steroid dienone is 9. The van der Waals surface area contributed by atoms with Crippen LogP contribution in [0.1, 0.15) is 84.9 Å². The number of nitrogens with zero attached hydrogens (tertiary/aromatic N) is 2. The summed E-state index contributed by atoms with van der Waals surface area (Å²) < 4.78 is 0. The van der Waals surface area contributed by atoms with Gasteiger partial charge in [-0.1, -0.05) is 117 Å². The number of rotatable bonds is 4. The maximum atomic E-state index is 4.60. The molecular formula is C42H38N2. The molecule has 0 aliphatic heterocycles. The van der Waals surface area contributed by atoms with Crippen molar-refractivity contribution in [1.29, 1.82) is 0 Å². The molecule has 0 bridgehead atoms. The van der Waals surface area contributed by atoms with Crippen molar-refractivity contribution in [2.45, 2.75) is 51.4 Å². The van der Waals surface area contributed by atoms with E-state index < -0.39 is 0 Å². The Labute approximate surface area is 261 Å². The van der Waals surface area contributed by atoms with Gasteiger partial charge in [-0.2, -0.15) is 0 Å². The quantitative estimate of drug-likeness (QED) is 0.228. The highest BCUT2D eigenvalue weighted by atomic mass is 14.7. The highest BCUT2D eigenvalue weighted by Gasteiger charge is 2.39. The summed E-state index contributed by atoms with van der Waals surface area (Å²) in [5.74, 6) is 1.39. The van der Waals surface area contributed by atoms with Crippen LogP contribution in [-0.4, -0.2) is 9.97 Å². The monoisotopic (exact) mass is 570 g/mol. The first kappa shape index (κ1) is 27.0. The summed E-state index contributed by atoms with van der Waals surface area (Å²) in [6.07, 6.45) is 23.1. The molecular weight excluding hydrogens is 532 g/mol. The highest BCUT2D eigenvalue weighted by Crippen LogP contribution is 2.55. The van der Waals surface area contributed by atoms with Gasteiger partial charge in [0.05, 0.1) is 11.4 Å². The zero-order chi connectivity index (χ0) is 29.8. The van der Waals surface area contributed by atoms with Gasteiger partial charge in [-0.05, 0) is 81.5 Å². The third kappa shape index (κ3) is 4.65. The van der Waals surface area contributed by atoms with Crippen LogP contribution >= 0.6 is 0 Å². The van der Waals surface area contributed by atoms with Gasteiger partial charge >= 0.3 is 0 Å². The molecule has 8 rings (SSSR count). The minimum absolute atomic E-state index is 0.172. The normalized spacial score (nSPS) is 23.4. The Morgan fingerprint density at radius 1 is 0.705 bits per heavy atom.